The zero-order chi connectivity index (χ0) is 15.2. The average Bonchev–Trinajstić information content (AvgIpc) is 2.99. The highest BCUT2D eigenvalue weighted by atomic mass is 32.2. The van der Waals surface area contributed by atoms with E-state index in [-0.39, 0.29) is 11.4 Å². The number of nitrogens with two attached hydrogens (primary N) is 1. The van der Waals surface area contributed by atoms with Crippen molar-refractivity contribution in [2.45, 2.75) is 12.3 Å². The van der Waals surface area contributed by atoms with Crippen molar-refractivity contribution >= 4 is 40.6 Å². The minimum atomic E-state index is -0.267. The molecule has 0 fully saturated rings. The minimum absolute atomic E-state index is 0.0483. The minimum Gasteiger partial charge on any atom is -0.378 e. The average molecular weight is 346 g/mol. The maximum absolute atomic E-state index is 11.5. The van der Waals surface area contributed by atoms with E-state index < -0.39 is 0 Å². The monoisotopic (exact) mass is 345 g/mol. The summed E-state index contributed by atoms with van der Waals surface area (Å²) in [5.41, 5.74) is 8.14. The highest BCUT2D eigenvalue weighted by molar-refractivity contribution is 7.98. The summed E-state index contributed by atoms with van der Waals surface area (Å²) in [4.78, 5) is 16.4. The number of anilines is 1. The maximum Gasteiger partial charge on any atom is 0.323 e. The molecule has 0 aliphatic rings. The molecule has 0 saturated carbocycles. The Hall–Kier alpha value is -1.03. The summed E-state index contributed by atoms with van der Waals surface area (Å²) in [5.74, 6) is 1.97. The van der Waals surface area contributed by atoms with Crippen LogP contribution in [0.25, 0.3) is 0 Å². The van der Waals surface area contributed by atoms with Gasteiger partial charge < -0.3 is 16.1 Å². The van der Waals surface area contributed by atoms with Crippen molar-refractivity contribution < 1.29 is 0 Å². The smallest absolute Gasteiger partial charge is 0.323 e. The highest BCUT2D eigenvalue weighted by Crippen LogP contribution is 2.22. The van der Waals surface area contributed by atoms with Gasteiger partial charge in [-0.25, -0.2) is 0 Å². The first-order valence-corrected chi connectivity index (χ1v) is 9.15. The molecular formula is C12H19N5OS3. The van der Waals surface area contributed by atoms with E-state index in [4.69, 9.17) is 5.73 Å². The van der Waals surface area contributed by atoms with Crippen LogP contribution < -0.4 is 16.7 Å². The molecule has 0 amide bonds. The van der Waals surface area contributed by atoms with Crippen LogP contribution in [0.15, 0.2) is 16.9 Å². The molecule has 116 valence electrons. The molecular weight excluding hydrogens is 326 g/mol. The molecule has 9 heteroatoms. The number of hydrogen-bond donors (Lipinski definition) is 2. The third kappa shape index (κ3) is 5.03. The van der Waals surface area contributed by atoms with Gasteiger partial charge in [0.05, 0.1) is 11.7 Å². The molecule has 0 bridgehead atoms. The van der Waals surface area contributed by atoms with E-state index in [9.17, 15) is 4.79 Å². The van der Waals surface area contributed by atoms with Gasteiger partial charge in [0.25, 0.3) is 0 Å². The molecule has 3 N–H and O–H groups in total. The Morgan fingerprint density at radius 2 is 2.19 bits per heavy atom. The second-order valence-electron chi connectivity index (χ2n) is 4.72. The first-order valence-electron chi connectivity index (χ1n) is 6.45. The zero-order valence-electron chi connectivity index (χ0n) is 12.0. The Bertz CT molecular complexity index is 618. The third-order valence-electron chi connectivity index (χ3n) is 2.56. The summed E-state index contributed by atoms with van der Waals surface area (Å²) in [7, 11) is 4.15. The van der Waals surface area contributed by atoms with Gasteiger partial charge in [-0.1, -0.05) is 0 Å². The summed E-state index contributed by atoms with van der Waals surface area (Å²) < 4.78 is 5.16. The van der Waals surface area contributed by atoms with Gasteiger partial charge in [0.1, 0.15) is 0 Å². The first kappa shape index (κ1) is 16.3. The van der Waals surface area contributed by atoms with Crippen LogP contribution in [0.4, 0.5) is 5.82 Å². The van der Waals surface area contributed by atoms with Crippen molar-refractivity contribution in [3.63, 3.8) is 0 Å². The van der Waals surface area contributed by atoms with E-state index in [1.165, 1.54) is 13.8 Å². The molecule has 0 radical (unpaired) electrons. The van der Waals surface area contributed by atoms with E-state index in [2.05, 4.69) is 40.9 Å². The van der Waals surface area contributed by atoms with Crippen LogP contribution in [0.5, 0.6) is 0 Å². The van der Waals surface area contributed by atoms with Crippen molar-refractivity contribution in [2.75, 3.05) is 37.6 Å². The number of nitrogens with zero attached hydrogens (tertiary/aromatic N) is 3. The van der Waals surface area contributed by atoms with Gasteiger partial charge in [-0.15, -0.1) is 11.3 Å². The molecule has 0 aromatic carbocycles. The molecule has 6 nitrogen and oxygen atoms in total. The lowest BCUT2D eigenvalue weighted by Crippen LogP contribution is -2.26. The zero-order valence-corrected chi connectivity index (χ0v) is 14.5. The quantitative estimate of drug-likeness (QED) is 0.706. The van der Waals surface area contributed by atoms with Crippen LogP contribution in [0.3, 0.4) is 0 Å². The normalized spacial score (nSPS) is 11.2. The maximum atomic E-state index is 11.5. The number of nitrogen functional groups attached to an aromatic ring is 1. The van der Waals surface area contributed by atoms with Gasteiger partial charge in [-0.2, -0.15) is 20.2 Å². The number of aromatic nitrogens is 2. The topological polar surface area (TPSA) is 76.2 Å². The second kappa shape index (κ2) is 7.83. The van der Waals surface area contributed by atoms with Crippen LogP contribution in [-0.2, 0) is 12.3 Å². The number of thiophene rings is 1. The van der Waals surface area contributed by atoms with Crippen molar-refractivity contribution in [3.8, 4) is 0 Å². The van der Waals surface area contributed by atoms with Crippen LogP contribution in [-0.4, -0.2) is 39.7 Å². The molecule has 0 atom stereocenters. The van der Waals surface area contributed by atoms with E-state index in [0.717, 1.165) is 29.8 Å². The fourth-order valence-corrected chi connectivity index (χ4v) is 4.31. The fourth-order valence-electron chi connectivity index (χ4n) is 1.65. The predicted molar refractivity (Wildman–Crippen MR) is 92.9 cm³/mol. The molecule has 2 aromatic heterocycles. The number of rotatable bonds is 8. The molecule has 2 rings (SSSR count). The molecule has 0 aliphatic heterocycles. The van der Waals surface area contributed by atoms with Gasteiger partial charge in [0.2, 0.25) is 5.82 Å². The summed E-state index contributed by atoms with van der Waals surface area (Å²) in [6, 6.07) is 4.39. The van der Waals surface area contributed by atoms with Crippen LogP contribution in [0, 0.1) is 0 Å². The van der Waals surface area contributed by atoms with Crippen molar-refractivity contribution in [3.05, 3.63) is 32.2 Å². The molecule has 2 aromatic rings. The standard InChI is InChI=1S/C12H19N5OS3/c1-16(2)7-9-3-4-10(20-9)8-19-6-5-14-17-12(18)11(13)15-21-17/h3-4,14H,5-8H2,1-2H3,(H2,13,15). The van der Waals surface area contributed by atoms with Gasteiger partial charge >= 0.3 is 5.56 Å². The van der Waals surface area contributed by atoms with E-state index in [1.54, 1.807) is 0 Å². The number of hydrogen-bond acceptors (Lipinski definition) is 8. The highest BCUT2D eigenvalue weighted by Gasteiger charge is 2.04. The second-order valence-corrected chi connectivity index (χ2v) is 7.79. The molecule has 0 aliphatic carbocycles. The molecule has 0 spiro atoms. The van der Waals surface area contributed by atoms with Crippen molar-refractivity contribution in [2.24, 2.45) is 0 Å². The van der Waals surface area contributed by atoms with Crippen LogP contribution >= 0.6 is 34.8 Å². The third-order valence-corrected chi connectivity index (χ3v) is 5.56. The molecule has 21 heavy (non-hydrogen) atoms. The van der Waals surface area contributed by atoms with E-state index in [1.807, 2.05) is 23.1 Å². The number of thioether (sulfide) groups is 1. The molecule has 0 unspecified atom stereocenters. The Morgan fingerprint density at radius 3 is 2.86 bits per heavy atom. The van der Waals surface area contributed by atoms with Crippen molar-refractivity contribution in [1.82, 2.24) is 13.3 Å². The van der Waals surface area contributed by atoms with E-state index >= 15 is 0 Å². The first-order chi connectivity index (χ1) is 10.1. The van der Waals surface area contributed by atoms with Crippen LogP contribution in [0.2, 0.25) is 0 Å². The Kier molecular flexibility index (Phi) is 6.09. The van der Waals surface area contributed by atoms with Gasteiger partial charge in [-0.05, 0) is 26.2 Å². The van der Waals surface area contributed by atoms with Gasteiger partial charge in [-0.3, -0.25) is 4.79 Å². The SMILES string of the molecule is CN(C)Cc1ccc(CSCCNn2snc(N)c2=O)s1. The molecule has 0 saturated heterocycles. The predicted octanol–water partition coefficient (Wildman–Crippen LogP) is 1.49. The number of nitrogens with one attached hydrogen (secondary N) is 1. The Labute approximate surface area is 136 Å². The summed E-state index contributed by atoms with van der Waals surface area (Å²) >= 11 is 4.75. The Balaban J connectivity index is 1.67. The summed E-state index contributed by atoms with van der Waals surface area (Å²) in [6.45, 7) is 1.70. The van der Waals surface area contributed by atoms with E-state index in [0.29, 0.717) is 6.54 Å². The molecule has 2 heterocycles. The lowest BCUT2D eigenvalue weighted by molar-refractivity contribution is 0.406. The Morgan fingerprint density at radius 1 is 1.43 bits per heavy atom. The largest absolute Gasteiger partial charge is 0.378 e. The van der Waals surface area contributed by atoms with Crippen molar-refractivity contribution in [1.29, 1.82) is 0 Å². The fraction of sp³-hybridized carbons (Fsp3) is 0.500. The lowest BCUT2D eigenvalue weighted by Gasteiger charge is -2.06. The summed E-state index contributed by atoms with van der Waals surface area (Å²) in [5, 5.41) is 0. The van der Waals surface area contributed by atoms with Gasteiger partial charge in [0, 0.05) is 34.3 Å². The van der Waals surface area contributed by atoms with Gasteiger partial charge in [0.15, 0.2) is 0 Å². The summed E-state index contributed by atoms with van der Waals surface area (Å²) in [6.07, 6.45) is 0. The van der Waals surface area contributed by atoms with Crippen LogP contribution in [0.1, 0.15) is 9.75 Å². The lowest BCUT2D eigenvalue weighted by atomic mass is 10.4.